The minimum Gasteiger partial charge on any atom is -0.391 e. The Labute approximate surface area is 112 Å². The van der Waals surface area contributed by atoms with Crippen molar-refractivity contribution in [2.45, 2.75) is 37.7 Å². The van der Waals surface area contributed by atoms with E-state index in [0.717, 1.165) is 19.3 Å². The molecule has 1 atom stereocenters. The third-order valence-corrected chi connectivity index (χ3v) is 6.51. The summed E-state index contributed by atoms with van der Waals surface area (Å²) in [7, 11) is -3.42. The van der Waals surface area contributed by atoms with Gasteiger partial charge in [0.15, 0.2) is 0 Å². The third kappa shape index (κ3) is 2.61. The van der Waals surface area contributed by atoms with Crippen LogP contribution in [-0.2, 0) is 16.6 Å². The highest BCUT2D eigenvalue weighted by Gasteiger charge is 2.31. The fraction of sp³-hybridized carbons (Fsp3) is 0.667. The van der Waals surface area contributed by atoms with Crippen LogP contribution in [0.15, 0.2) is 16.3 Å². The van der Waals surface area contributed by atoms with Crippen molar-refractivity contribution in [3.8, 4) is 0 Å². The van der Waals surface area contributed by atoms with Crippen molar-refractivity contribution in [1.82, 2.24) is 4.31 Å². The Kier molecular flexibility index (Phi) is 4.42. The Bertz CT molecular complexity index is 495. The normalized spacial score (nSPS) is 22.2. The van der Waals surface area contributed by atoms with E-state index in [2.05, 4.69) is 6.92 Å². The van der Waals surface area contributed by atoms with E-state index in [9.17, 15) is 13.5 Å². The van der Waals surface area contributed by atoms with Gasteiger partial charge in [0, 0.05) is 18.0 Å². The molecule has 0 aromatic carbocycles. The number of aliphatic hydroxyl groups is 1. The number of piperidine rings is 1. The molecular weight excluding hydrogens is 270 g/mol. The van der Waals surface area contributed by atoms with Crippen LogP contribution in [0.25, 0.3) is 0 Å². The Morgan fingerprint density at radius 1 is 1.56 bits per heavy atom. The zero-order valence-corrected chi connectivity index (χ0v) is 12.1. The molecule has 4 nitrogen and oxygen atoms in total. The molecule has 0 saturated carbocycles. The summed E-state index contributed by atoms with van der Waals surface area (Å²) in [5, 5.41) is 10.9. The highest BCUT2D eigenvalue weighted by Crippen LogP contribution is 2.29. The van der Waals surface area contributed by atoms with Crippen molar-refractivity contribution in [3.05, 3.63) is 16.3 Å². The smallest absolute Gasteiger partial charge is 0.244 e. The summed E-state index contributed by atoms with van der Waals surface area (Å²) in [6, 6.07) is 1.60. The van der Waals surface area contributed by atoms with Crippen LogP contribution < -0.4 is 0 Å². The number of hydrogen-bond acceptors (Lipinski definition) is 4. The lowest BCUT2D eigenvalue weighted by Crippen LogP contribution is -2.39. The number of aliphatic hydroxyl groups excluding tert-OH is 1. The zero-order valence-electron chi connectivity index (χ0n) is 10.5. The van der Waals surface area contributed by atoms with E-state index in [1.807, 2.05) is 0 Å². The second-order valence-corrected chi connectivity index (χ2v) is 7.55. The average molecular weight is 289 g/mol. The lowest BCUT2D eigenvalue weighted by molar-refractivity contribution is 0.259. The Morgan fingerprint density at radius 3 is 3.00 bits per heavy atom. The SMILES string of the molecule is CCC1CCCN(S(=O)(=O)c2ccsc2CO)C1. The van der Waals surface area contributed by atoms with Gasteiger partial charge in [-0.15, -0.1) is 11.3 Å². The van der Waals surface area contributed by atoms with Gasteiger partial charge in [0.05, 0.1) is 11.5 Å². The van der Waals surface area contributed by atoms with Crippen LogP contribution in [0.4, 0.5) is 0 Å². The van der Waals surface area contributed by atoms with Gasteiger partial charge in [0.2, 0.25) is 10.0 Å². The summed E-state index contributed by atoms with van der Waals surface area (Å²) in [6.45, 7) is 3.10. The maximum atomic E-state index is 12.5. The quantitative estimate of drug-likeness (QED) is 0.923. The van der Waals surface area contributed by atoms with Crippen LogP contribution in [0, 0.1) is 5.92 Å². The van der Waals surface area contributed by atoms with Gasteiger partial charge < -0.3 is 5.11 Å². The first-order valence-electron chi connectivity index (χ1n) is 6.27. The van der Waals surface area contributed by atoms with Crippen molar-refractivity contribution in [2.75, 3.05) is 13.1 Å². The molecule has 1 N–H and O–H groups in total. The molecule has 0 amide bonds. The van der Waals surface area contributed by atoms with Crippen LogP contribution in [0.5, 0.6) is 0 Å². The van der Waals surface area contributed by atoms with E-state index in [1.54, 1.807) is 15.8 Å². The summed E-state index contributed by atoms with van der Waals surface area (Å²) < 4.78 is 26.6. The molecule has 1 unspecified atom stereocenters. The molecule has 102 valence electrons. The summed E-state index contributed by atoms with van der Waals surface area (Å²) in [6.07, 6.45) is 3.05. The Morgan fingerprint density at radius 2 is 2.33 bits per heavy atom. The monoisotopic (exact) mass is 289 g/mol. The molecule has 1 aromatic heterocycles. The van der Waals surface area contributed by atoms with E-state index in [1.165, 1.54) is 11.3 Å². The van der Waals surface area contributed by atoms with Crippen LogP contribution in [-0.4, -0.2) is 30.9 Å². The van der Waals surface area contributed by atoms with Crippen molar-refractivity contribution in [3.63, 3.8) is 0 Å². The van der Waals surface area contributed by atoms with Gasteiger partial charge in [0.1, 0.15) is 0 Å². The molecule has 1 fully saturated rings. The van der Waals surface area contributed by atoms with E-state index >= 15 is 0 Å². The van der Waals surface area contributed by atoms with Gasteiger partial charge in [-0.3, -0.25) is 0 Å². The second-order valence-electron chi connectivity index (χ2n) is 4.65. The van der Waals surface area contributed by atoms with Crippen molar-refractivity contribution >= 4 is 21.4 Å². The summed E-state index contributed by atoms with van der Waals surface area (Å²) in [4.78, 5) is 0.820. The topological polar surface area (TPSA) is 57.6 Å². The Hall–Kier alpha value is -0.430. The highest BCUT2D eigenvalue weighted by atomic mass is 32.2. The lowest BCUT2D eigenvalue weighted by Gasteiger charge is -2.31. The van der Waals surface area contributed by atoms with Crippen molar-refractivity contribution < 1.29 is 13.5 Å². The van der Waals surface area contributed by atoms with Gasteiger partial charge in [0.25, 0.3) is 0 Å². The molecular formula is C12H19NO3S2. The standard InChI is InChI=1S/C12H19NO3S2/c1-2-10-4-3-6-13(8-10)18(15,16)12-5-7-17-11(12)9-14/h5,7,10,14H,2-4,6,8-9H2,1H3. The first-order chi connectivity index (χ1) is 8.59. The first kappa shape index (κ1) is 14.0. The molecule has 0 spiro atoms. The van der Waals surface area contributed by atoms with Crippen LogP contribution >= 0.6 is 11.3 Å². The first-order valence-corrected chi connectivity index (χ1v) is 8.59. The van der Waals surface area contributed by atoms with Crippen molar-refractivity contribution in [1.29, 1.82) is 0 Å². The van der Waals surface area contributed by atoms with E-state index in [0.29, 0.717) is 23.9 Å². The zero-order chi connectivity index (χ0) is 13.2. The molecule has 0 aliphatic carbocycles. The third-order valence-electron chi connectivity index (χ3n) is 3.53. The highest BCUT2D eigenvalue weighted by molar-refractivity contribution is 7.89. The molecule has 0 bridgehead atoms. The maximum Gasteiger partial charge on any atom is 0.244 e. The van der Waals surface area contributed by atoms with E-state index in [-0.39, 0.29) is 11.5 Å². The summed E-state index contributed by atoms with van der Waals surface area (Å²) >= 11 is 1.29. The molecule has 1 aromatic rings. The lowest BCUT2D eigenvalue weighted by atomic mass is 9.97. The maximum absolute atomic E-state index is 12.5. The molecule has 2 rings (SSSR count). The Balaban J connectivity index is 2.25. The molecule has 1 saturated heterocycles. The summed E-state index contributed by atoms with van der Waals surface area (Å²) in [5.74, 6) is 0.463. The predicted molar refractivity (Wildman–Crippen MR) is 72.0 cm³/mol. The molecule has 0 radical (unpaired) electrons. The molecule has 1 aliphatic rings. The largest absolute Gasteiger partial charge is 0.391 e. The van der Waals surface area contributed by atoms with E-state index < -0.39 is 10.0 Å². The van der Waals surface area contributed by atoms with Crippen LogP contribution in [0.2, 0.25) is 0 Å². The molecule has 6 heteroatoms. The van der Waals surface area contributed by atoms with E-state index in [4.69, 9.17) is 0 Å². The fourth-order valence-corrected chi connectivity index (χ4v) is 5.21. The van der Waals surface area contributed by atoms with Gasteiger partial charge in [-0.05, 0) is 30.2 Å². The van der Waals surface area contributed by atoms with Gasteiger partial charge in [-0.1, -0.05) is 13.3 Å². The minimum absolute atomic E-state index is 0.211. The second kappa shape index (κ2) is 5.69. The minimum atomic E-state index is -3.42. The molecule has 1 aliphatic heterocycles. The van der Waals surface area contributed by atoms with Gasteiger partial charge >= 0.3 is 0 Å². The number of thiophene rings is 1. The number of nitrogens with zero attached hydrogens (tertiary/aromatic N) is 1. The van der Waals surface area contributed by atoms with Crippen LogP contribution in [0.3, 0.4) is 0 Å². The number of hydrogen-bond donors (Lipinski definition) is 1. The average Bonchev–Trinajstić information content (AvgIpc) is 2.88. The van der Waals surface area contributed by atoms with Gasteiger partial charge in [-0.25, -0.2) is 8.42 Å². The fourth-order valence-electron chi connectivity index (χ4n) is 2.39. The molecule has 2 heterocycles. The van der Waals surface area contributed by atoms with Gasteiger partial charge in [-0.2, -0.15) is 4.31 Å². The van der Waals surface area contributed by atoms with Crippen molar-refractivity contribution in [2.24, 2.45) is 5.92 Å². The molecule has 18 heavy (non-hydrogen) atoms. The number of sulfonamides is 1. The predicted octanol–water partition coefficient (Wildman–Crippen LogP) is 2.05. The van der Waals surface area contributed by atoms with Crippen LogP contribution in [0.1, 0.15) is 31.1 Å². The summed E-state index contributed by atoms with van der Waals surface area (Å²) in [5.41, 5.74) is 0. The number of rotatable bonds is 4.